The smallest absolute Gasteiger partial charge is 0.240 e. The van der Waals surface area contributed by atoms with Crippen LogP contribution in [0.2, 0.25) is 0 Å². The highest BCUT2D eigenvalue weighted by atomic mass is 16.5. The number of carbonyl (C=O) groups excluding carboxylic acids is 1. The fourth-order valence-corrected chi connectivity index (χ4v) is 1.60. The van der Waals surface area contributed by atoms with Crippen LogP contribution in [0.3, 0.4) is 0 Å². The number of benzene rings is 1. The molecule has 0 saturated heterocycles. The molecule has 0 aliphatic heterocycles. The second kappa shape index (κ2) is 6.13. The fourth-order valence-electron chi connectivity index (χ4n) is 1.60. The van der Waals surface area contributed by atoms with E-state index in [0.717, 1.165) is 17.9 Å². The summed E-state index contributed by atoms with van der Waals surface area (Å²) in [6.07, 6.45) is 0.900. The van der Waals surface area contributed by atoms with Crippen molar-refractivity contribution < 1.29 is 9.53 Å². The van der Waals surface area contributed by atoms with Crippen LogP contribution >= 0.6 is 0 Å². The number of hydrogen-bond donors (Lipinski definition) is 2. The molecular formula is C13H20N2O2. The summed E-state index contributed by atoms with van der Waals surface area (Å²) in [5.74, 6) is 0.666. The SMILES string of the molecule is CCC(C)C(Nc1ccc(OC)cc1)C(N)=O. The second-order valence-electron chi connectivity index (χ2n) is 4.14. The number of amides is 1. The highest BCUT2D eigenvalue weighted by molar-refractivity contribution is 5.83. The molecule has 0 aliphatic carbocycles. The Morgan fingerprint density at radius 2 is 2.00 bits per heavy atom. The quantitative estimate of drug-likeness (QED) is 0.794. The fraction of sp³-hybridized carbons (Fsp3) is 0.462. The van der Waals surface area contributed by atoms with E-state index in [9.17, 15) is 4.79 Å². The lowest BCUT2D eigenvalue weighted by molar-refractivity contribution is -0.119. The Morgan fingerprint density at radius 1 is 1.41 bits per heavy atom. The molecule has 1 aromatic carbocycles. The van der Waals surface area contributed by atoms with Gasteiger partial charge in [-0.15, -0.1) is 0 Å². The number of nitrogens with one attached hydrogen (secondary N) is 1. The highest BCUT2D eigenvalue weighted by Gasteiger charge is 2.21. The molecule has 1 rings (SSSR count). The van der Waals surface area contributed by atoms with Gasteiger partial charge in [0.15, 0.2) is 0 Å². The number of nitrogens with two attached hydrogens (primary N) is 1. The Bertz CT molecular complexity index is 362. The third kappa shape index (κ3) is 3.66. The van der Waals surface area contributed by atoms with E-state index in [1.54, 1.807) is 7.11 Å². The van der Waals surface area contributed by atoms with Gasteiger partial charge in [-0.3, -0.25) is 4.79 Å². The molecule has 2 unspecified atom stereocenters. The van der Waals surface area contributed by atoms with E-state index in [1.807, 2.05) is 38.1 Å². The summed E-state index contributed by atoms with van der Waals surface area (Å²) in [7, 11) is 1.62. The van der Waals surface area contributed by atoms with Crippen LogP contribution < -0.4 is 15.8 Å². The van der Waals surface area contributed by atoms with Gasteiger partial charge >= 0.3 is 0 Å². The van der Waals surface area contributed by atoms with E-state index < -0.39 is 0 Å². The molecule has 1 aromatic rings. The van der Waals surface area contributed by atoms with Gasteiger partial charge < -0.3 is 15.8 Å². The summed E-state index contributed by atoms with van der Waals surface area (Å²) < 4.78 is 5.07. The monoisotopic (exact) mass is 236 g/mol. The van der Waals surface area contributed by atoms with Crippen molar-refractivity contribution in [2.24, 2.45) is 11.7 Å². The summed E-state index contributed by atoms with van der Waals surface area (Å²) in [4.78, 5) is 11.4. The summed E-state index contributed by atoms with van der Waals surface area (Å²) >= 11 is 0. The lowest BCUT2D eigenvalue weighted by atomic mass is 9.98. The molecule has 0 spiro atoms. The average Bonchev–Trinajstić information content (AvgIpc) is 2.35. The highest BCUT2D eigenvalue weighted by Crippen LogP contribution is 2.18. The molecule has 3 N–H and O–H groups in total. The number of carbonyl (C=O) groups is 1. The Labute approximate surface area is 102 Å². The molecule has 4 nitrogen and oxygen atoms in total. The molecule has 0 aromatic heterocycles. The van der Waals surface area contributed by atoms with Crippen molar-refractivity contribution >= 4 is 11.6 Å². The van der Waals surface area contributed by atoms with Gasteiger partial charge in [0.25, 0.3) is 0 Å². The first-order chi connectivity index (χ1) is 8.08. The standard InChI is InChI=1S/C13H20N2O2/c1-4-9(2)12(13(14)16)15-10-5-7-11(17-3)8-6-10/h5-9,12,15H,4H2,1-3H3,(H2,14,16). The molecule has 1 amide bonds. The van der Waals surface area contributed by atoms with Crippen molar-refractivity contribution in [3.05, 3.63) is 24.3 Å². The van der Waals surface area contributed by atoms with E-state index in [-0.39, 0.29) is 17.9 Å². The first-order valence-corrected chi connectivity index (χ1v) is 5.78. The van der Waals surface area contributed by atoms with Gasteiger partial charge in [-0.05, 0) is 30.2 Å². The zero-order chi connectivity index (χ0) is 12.8. The van der Waals surface area contributed by atoms with Crippen molar-refractivity contribution in [1.82, 2.24) is 0 Å². The first-order valence-electron chi connectivity index (χ1n) is 5.78. The number of ether oxygens (including phenoxy) is 1. The van der Waals surface area contributed by atoms with Crippen LogP contribution in [0.1, 0.15) is 20.3 Å². The summed E-state index contributed by atoms with van der Waals surface area (Å²) in [5, 5.41) is 3.15. The van der Waals surface area contributed by atoms with E-state index in [1.165, 1.54) is 0 Å². The molecule has 0 bridgehead atoms. The minimum absolute atomic E-state index is 0.203. The maximum Gasteiger partial charge on any atom is 0.240 e. The Hall–Kier alpha value is -1.71. The predicted octanol–water partition coefficient (Wildman–Crippen LogP) is 2.01. The molecule has 0 saturated carbocycles. The second-order valence-corrected chi connectivity index (χ2v) is 4.14. The van der Waals surface area contributed by atoms with Gasteiger partial charge in [0.1, 0.15) is 11.8 Å². The van der Waals surface area contributed by atoms with Crippen molar-refractivity contribution in [2.45, 2.75) is 26.3 Å². The van der Waals surface area contributed by atoms with Crippen LogP contribution in [0.15, 0.2) is 24.3 Å². The van der Waals surface area contributed by atoms with Crippen molar-refractivity contribution in [2.75, 3.05) is 12.4 Å². The van der Waals surface area contributed by atoms with Crippen molar-refractivity contribution in [3.8, 4) is 5.75 Å². The Balaban J connectivity index is 2.75. The molecular weight excluding hydrogens is 216 g/mol. The minimum atomic E-state index is -0.339. The lowest BCUT2D eigenvalue weighted by Gasteiger charge is -2.22. The number of hydrogen-bond acceptors (Lipinski definition) is 3. The molecule has 94 valence electrons. The van der Waals surface area contributed by atoms with Crippen molar-refractivity contribution in [3.63, 3.8) is 0 Å². The topological polar surface area (TPSA) is 64.3 Å². The predicted molar refractivity (Wildman–Crippen MR) is 69.1 cm³/mol. The summed E-state index contributed by atoms with van der Waals surface area (Å²) in [5.41, 5.74) is 6.26. The Kier molecular flexibility index (Phi) is 4.82. The third-order valence-corrected chi connectivity index (χ3v) is 2.93. The maximum atomic E-state index is 11.4. The van der Waals surface area contributed by atoms with Crippen LogP contribution in [0.5, 0.6) is 5.75 Å². The normalized spacial score (nSPS) is 13.8. The largest absolute Gasteiger partial charge is 0.497 e. The molecule has 2 atom stereocenters. The number of primary amides is 1. The van der Waals surface area contributed by atoms with Gasteiger partial charge in [0, 0.05) is 5.69 Å². The first kappa shape index (κ1) is 13.4. The van der Waals surface area contributed by atoms with E-state index in [0.29, 0.717) is 0 Å². The van der Waals surface area contributed by atoms with E-state index in [4.69, 9.17) is 10.5 Å². The number of methoxy groups -OCH3 is 1. The van der Waals surface area contributed by atoms with Gasteiger partial charge in [0.05, 0.1) is 7.11 Å². The average molecular weight is 236 g/mol. The van der Waals surface area contributed by atoms with Crippen LogP contribution in [-0.4, -0.2) is 19.1 Å². The Morgan fingerprint density at radius 3 is 2.41 bits per heavy atom. The summed E-state index contributed by atoms with van der Waals surface area (Å²) in [6.45, 7) is 4.04. The zero-order valence-electron chi connectivity index (χ0n) is 10.6. The van der Waals surface area contributed by atoms with E-state index in [2.05, 4.69) is 5.32 Å². The number of anilines is 1. The molecule has 0 heterocycles. The van der Waals surface area contributed by atoms with Crippen LogP contribution in [0, 0.1) is 5.92 Å². The van der Waals surface area contributed by atoms with Gasteiger partial charge in [0.2, 0.25) is 5.91 Å². The van der Waals surface area contributed by atoms with Crippen LogP contribution in [0.4, 0.5) is 5.69 Å². The minimum Gasteiger partial charge on any atom is -0.497 e. The zero-order valence-corrected chi connectivity index (χ0v) is 10.6. The molecule has 0 fully saturated rings. The lowest BCUT2D eigenvalue weighted by Crippen LogP contribution is -2.40. The van der Waals surface area contributed by atoms with Crippen LogP contribution in [-0.2, 0) is 4.79 Å². The van der Waals surface area contributed by atoms with E-state index >= 15 is 0 Å². The van der Waals surface area contributed by atoms with Gasteiger partial charge in [-0.2, -0.15) is 0 Å². The third-order valence-electron chi connectivity index (χ3n) is 2.93. The molecule has 4 heteroatoms. The maximum absolute atomic E-state index is 11.4. The summed E-state index contributed by atoms with van der Waals surface area (Å²) in [6, 6.07) is 7.09. The van der Waals surface area contributed by atoms with Gasteiger partial charge in [-0.1, -0.05) is 20.3 Å². The number of rotatable bonds is 6. The van der Waals surface area contributed by atoms with Gasteiger partial charge in [-0.25, -0.2) is 0 Å². The molecule has 0 radical (unpaired) electrons. The van der Waals surface area contributed by atoms with Crippen LogP contribution in [0.25, 0.3) is 0 Å². The van der Waals surface area contributed by atoms with Crippen molar-refractivity contribution in [1.29, 1.82) is 0 Å². The molecule has 0 aliphatic rings. The molecule has 17 heavy (non-hydrogen) atoms.